The lowest BCUT2D eigenvalue weighted by Gasteiger charge is -2.25. The Bertz CT molecular complexity index is 1160. The van der Waals surface area contributed by atoms with Gasteiger partial charge in [0.15, 0.2) is 0 Å². The number of anilines is 2. The smallest absolute Gasteiger partial charge is 0.283 e. The Labute approximate surface area is 191 Å². The van der Waals surface area contributed by atoms with E-state index in [4.69, 9.17) is 11.6 Å². The van der Waals surface area contributed by atoms with Crippen molar-refractivity contribution in [1.29, 1.82) is 0 Å². The normalized spacial score (nSPS) is 13.8. The van der Waals surface area contributed by atoms with Crippen LogP contribution in [0.5, 0.6) is 0 Å². The third-order valence-corrected chi connectivity index (χ3v) is 6.35. The van der Waals surface area contributed by atoms with Gasteiger partial charge in [-0.05, 0) is 61.9 Å². The van der Waals surface area contributed by atoms with Gasteiger partial charge in [0.05, 0.1) is 5.69 Å². The molecule has 0 unspecified atom stereocenters. The molecule has 2 amide bonds. The molecule has 0 fully saturated rings. The summed E-state index contributed by atoms with van der Waals surface area (Å²) >= 11 is 7.42. The number of benzene rings is 3. The van der Waals surface area contributed by atoms with Crippen molar-refractivity contribution in [1.82, 2.24) is 0 Å². The maximum atomic E-state index is 13.7. The second-order valence-corrected chi connectivity index (χ2v) is 8.57. The minimum absolute atomic E-state index is 0.325. The van der Waals surface area contributed by atoms with E-state index in [2.05, 4.69) is 0 Å². The van der Waals surface area contributed by atoms with Crippen molar-refractivity contribution in [3.63, 3.8) is 0 Å². The summed E-state index contributed by atoms with van der Waals surface area (Å²) in [5.41, 5.74) is 2.57. The predicted octanol–water partition coefficient (Wildman–Crippen LogP) is 6.05. The van der Waals surface area contributed by atoms with E-state index in [9.17, 15) is 9.59 Å². The molecular weight excluding hydrogens is 428 g/mol. The molecule has 156 valence electrons. The maximum Gasteiger partial charge on any atom is 0.283 e. The number of thioether (sulfide) groups is 1. The van der Waals surface area contributed by atoms with Crippen molar-refractivity contribution in [2.75, 3.05) is 16.3 Å². The summed E-state index contributed by atoms with van der Waals surface area (Å²) in [4.78, 5) is 31.7. The van der Waals surface area contributed by atoms with Gasteiger partial charge in [-0.1, -0.05) is 59.8 Å². The number of hydrogen-bond acceptors (Lipinski definition) is 4. The van der Waals surface area contributed by atoms with Gasteiger partial charge < -0.3 is 4.90 Å². The first-order chi connectivity index (χ1) is 15.0. The van der Waals surface area contributed by atoms with E-state index in [-0.39, 0.29) is 11.8 Å². The first kappa shape index (κ1) is 21.2. The van der Waals surface area contributed by atoms with E-state index in [0.29, 0.717) is 27.9 Å². The number of carbonyl (C=O) groups excluding carboxylic acids is 2. The highest BCUT2D eigenvalue weighted by molar-refractivity contribution is 8.04. The van der Waals surface area contributed by atoms with Crippen molar-refractivity contribution in [3.8, 4) is 0 Å². The molecule has 0 N–H and O–H groups in total. The van der Waals surface area contributed by atoms with Gasteiger partial charge in [-0.15, -0.1) is 0 Å². The monoisotopic (exact) mass is 448 g/mol. The molecule has 0 aromatic heterocycles. The van der Waals surface area contributed by atoms with Crippen LogP contribution in [-0.2, 0) is 9.59 Å². The summed E-state index contributed by atoms with van der Waals surface area (Å²) in [5, 5.41) is 0.562. The second kappa shape index (κ2) is 9.00. The van der Waals surface area contributed by atoms with E-state index in [1.807, 2.05) is 79.4 Å². The van der Waals surface area contributed by atoms with Crippen molar-refractivity contribution in [3.05, 3.63) is 100 Å². The van der Waals surface area contributed by atoms with Crippen molar-refractivity contribution in [2.24, 2.45) is 0 Å². The number of halogens is 1. The molecular formula is C25H21ClN2O2S. The fourth-order valence-electron chi connectivity index (χ4n) is 3.60. The summed E-state index contributed by atoms with van der Waals surface area (Å²) in [7, 11) is 0. The molecule has 0 saturated heterocycles. The SMILES string of the molecule is CCN(C1=C(Sc2ccccc2)C(=O)N(c2ccc(Cl)cc2C)C1=O)c1ccccc1. The average molecular weight is 449 g/mol. The van der Waals surface area contributed by atoms with Gasteiger partial charge >= 0.3 is 0 Å². The summed E-state index contributed by atoms with van der Waals surface area (Å²) in [6, 6.07) is 24.4. The number of para-hydroxylation sites is 1. The minimum Gasteiger partial charge on any atom is -0.336 e. The molecule has 0 saturated carbocycles. The van der Waals surface area contributed by atoms with Crippen LogP contribution < -0.4 is 9.80 Å². The molecule has 0 aliphatic carbocycles. The van der Waals surface area contributed by atoms with Gasteiger partial charge in [0.2, 0.25) is 0 Å². The van der Waals surface area contributed by atoms with Gasteiger partial charge in [-0.25, -0.2) is 4.90 Å². The summed E-state index contributed by atoms with van der Waals surface area (Å²) in [5.74, 6) is -0.659. The lowest BCUT2D eigenvalue weighted by molar-refractivity contribution is -0.120. The Kier molecular flexibility index (Phi) is 6.16. The van der Waals surface area contributed by atoms with Gasteiger partial charge in [0.1, 0.15) is 10.6 Å². The van der Waals surface area contributed by atoms with Crippen LogP contribution in [-0.4, -0.2) is 18.4 Å². The van der Waals surface area contributed by atoms with Crippen LogP contribution in [0.25, 0.3) is 0 Å². The Morgan fingerprint density at radius 3 is 2.16 bits per heavy atom. The van der Waals surface area contributed by atoms with Gasteiger partial charge in [-0.2, -0.15) is 0 Å². The highest BCUT2D eigenvalue weighted by Crippen LogP contribution is 2.40. The molecule has 1 aliphatic rings. The highest BCUT2D eigenvalue weighted by Gasteiger charge is 2.43. The highest BCUT2D eigenvalue weighted by atomic mass is 35.5. The van der Waals surface area contributed by atoms with Crippen molar-refractivity contribution >= 4 is 46.6 Å². The molecule has 0 bridgehead atoms. The van der Waals surface area contributed by atoms with Crippen LogP contribution in [0.4, 0.5) is 11.4 Å². The predicted molar refractivity (Wildman–Crippen MR) is 127 cm³/mol. The van der Waals surface area contributed by atoms with Crippen LogP contribution in [0.3, 0.4) is 0 Å². The third-order valence-electron chi connectivity index (χ3n) is 5.03. The number of nitrogens with zero attached hydrogens (tertiary/aromatic N) is 2. The van der Waals surface area contributed by atoms with Crippen molar-refractivity contribution < 1.29 is 9.59 Å². The van der Waals surface area contributed by atoms with E-state index in [0.717, 1.165) is 16.1 Å². The van der Waals surface area contributed by atoms with E-state index in [1.165, 1.54) is 16.7 Å². The van der Waals surface area contributed by atoms with Crippen LogP contribution in [0.15, 0.2) is 94.4 Å². The number of carbonyl (C=O) groups is 2. The summed E-state index contributed by atoms with van der Waals surface area (Å²) < 4.78 is 0. The molecule has 0 spiro atoms. The van der Waals surface area contributed by atoms with Gasteiger partial charge in [-0.3, -0.25) is 9.59 Å². The molecule has 1 heterocycles. The number of hydrogen-bond donors (Lipinski definition) is 0. The van der Waals surface area contributed by atoms with Crippen LogP contribution >= 0.6 is 23.4 Å². The number of amides is 2. The molecule has 0 radical (unpaired) electrons. The molecule has 0 atom stereocenters. The molecule has 31 heavy (non-hydrogen) atoms. The first-order valence-electron chi connectivity index (χ1n) is 9.96. The number of aryl methyl sites for hydroxylation is 1. The number of rotatable bonds is 6. The quantitative estimate of drug-likeness (QED) is 0.430. The fraction of sp³-hybridized carbons (Fsp3) is 0.120. The average Bonchev–Trinajstić information content (AvgIpc) is 3.01. The molecule has 1 aliphatic heterocycles. The number of likely N-dealkylation sites (N-methyl/N-ethyl adjacent to an activating group) is 1. The zero-order valence-electron chi connectivity index (χ0n) is 17.2. The zero-order valence-corrected chi connectivity index (χ0v) is 18.8. The second-order valence-electron chi connectivity index (χ2n) is 7.05. The maximum absolute atomic E-state index is 13.7. The number of imide groups is 1. The Balaban J connectivity index is 1.84. The topological polar surface area (TPSA) is 40.6 Å². The Morgan fingerprint density at radius 2 is 1.55 bits per heavy atom. The molecule has 4 rings (SSSR count). The molecule has 4 nitrogen and oxygen atoms in total. The Morgan fingerprint density at radius 1 is 0.903 bits per heavy atom. The molecule has 3 aromatic carbocycles. The Hall–Kier alpha value is -3.02. The van der Waals surface area contributed by atoms with Crippen LogP contribution in [0.1, 0.15) is 12.5 Å². The lowest BCUT2D eigenvalue weighted by atomic mass is 10.2. The summed E-state index contributed by atoms with van der Waals surface area (Å²) in [6.07, 6.45) is 0. The molecule has 3 aromatic rings. The van der Waals surface area contributed by atoms with E-state index in [1.54, 1.807) is 18.2 Å². The largest absolute Gasteiger partial charge is 0.336 e. The van der Waals surface area contributed by atoms with Crippen molar-refractivity contribution in [2.45, 2.75) is 18.7 Å². The van der Waals surface area contributed by atoms with Gasteiger partial charge in [0, 0.05) is 22.2 Å². The van der Waals surface area contributed by atoms with Gasteiger partial charge in [0.25, 0.3) is 11.8 Å². The van der Waals surface area contributed by atoms with Crippen LogP contribution in [0.2, 0.25) is 5.02 Å². The zero-order chi connectivity index (χ0) is 22.0. The summed E-state index contributed by atoms with van der Waals surface area (Å²) in [6.45, 7) is 4.36. The molecule has 6 heteroatoms. The minimum atomic E-state index is -0.334. The van der Waals surface area contributed by atoms with Crippen LogP contribution in [0, 0.1) is 6.92 Å². The van der Waals surface area contributed by atoms with E-state index >= 15 is 0 Å². The third kappa shape index (κ3) is 4.11. The standard InChI is InChI=1S/C25H21ClN2O2S/c1-3-27(19-10-6-4-7-11-19)22-23(31-20-12-8-5-9-13-20)25(30)28(24(22)29)21-15-14-18(26)16-17(21)2/h4-16H,3H2,1-2H3. The first-order valence-corrected chi connectivity index (χ1v) is 11.2. The van der Waals surface area contributed by atoms with E-state index < -0.39 is 0 Å². The lowest BCUT2D eigenvalue weighted by Crippen LogP contribution is -2.35. The fourth-order valence-corrected chi connectivity index (χ4v) is 4.83.